The lowest BCUT2D eigenvalue weighted by Crippen LogP contribution is -2.26. The van der Waals surface area contributed by atoms with Crippen molar-refractivity contribution in [3.05, 3.63) is 93.4 Å². The summed E-state index contributed by atoms with van der Waals surface area (Å²) in [6.07, 6.45) is -4.45. The van der Waals surface area contributed by atoms with E-state index in [1.807, 2.05) is 31.2 Å². The van der Waals surface area contributed by atoms with Crippen molar-refractivity contribution in [1.29, 1.82) is 0 Å². The highest BCUT2D eigenvalue weighted by Gasteiger charge is 2.30. The number of aromatic nitrogens is 2. The molecule has 0 aliphatic rings. The average molecular weight is 387 g/mol. The Morgan fingerprint density at radius 2 is 1.64 bits per heavy atom. The van der Waals surface area contributed by atoms with Crippen LogP contribution in [0.15, 0.2) is 65.5 Å². The second kappa shape index (κ2) is 7.67. The minimum atomic E-state index is -4.45. The standard InChI is InChI=1S/C20H16F3N3O2/c1-13-2-4-14(5-3-13)12-26-18(27)11-10-17(25-26)19(28)24-16-8-6-15(7-9-16)20(21,22)23/h2-11H,12H2,1H3,(H,24,28). The van der Waals surface area contributed by atoms with Crippen LogP contribution in [0.4, 0.5) is 18.9 Å². The van der Waals surface area contributed by atoms with Crippen molar-refractivity contribution in [2.75, 3.05) is 5.32 Å². The minimum Gasteiger partial charge on any atom is -0.321 e. The number of carbonyl (C=O) groups excluding carboxylic acids is 1. The number of benzene rings is 2. The molecule has 0 unspecified atom stereocenters. The predicted octanol–water partition coefficient (Wildman–Crippen LogP) is 3.87. The lowest BCUT2D eigenvalue weighted by molar-refractivity contribution is -0.137. The van der Waals surface area contributed by atoms with Gasteiger partial charge < -0.3 is 5.32 Å². The maximum atomic E-state index is 12.6. The van der Waals surface area contributed by atoms with Crippen LogP contribution in [-0.2, 0) is 12.7 Å². The first-order chi connectivity index (χ1) is 13.2. The fraction of sp³-hybridized carbons (Fsp3) is 0.150. The van der Waals surface area contributed by atoms with E-state index in [0.717, 1.165) is 40.1 Å². The Kier molecular flexibility index (Phi) is 5.30. The van der Waals surface area contributed by atoms with Crippen LogP contribution in [0.3, 0.4) is 0 Å². The van der Waals surface area contributed by atoms with Crippen molar-refractivity contribution >= 4 is 11.6 Å². The molecule has 0 radical (unpaired) electrons. The summed E-state index contributed by atoms with van der Waals surface area (Å²) in [4.78, 5) is 24.4. The summed E-state index contributed by atoms with van der Waals surface area (Å²) in [5, 5.41) is 6.53. The smallest absolute Gasteiger partial charge is 0.321 e. The highest BCUT2D eigenvalue weighted by Crippen LogP contribution is 2.29. The molecule has 0 aliphatic heterocycles. The van der Waals surface area contributed by atoms with Crippen LogP contribution in [0.2, 0.25) is 0 Å². The number of amides is 1. The van der Waals surface area contributed by atoms with Crippen molar-refractivity contribution < 1.29 is 18.0 Å². The second-order valence-corrected chi connectivity index (χ2v) is 6.23. The first kappa shape index (κ1) is 19.3. The van der Waals surface area contributed by atoms with Gasteiger partial charge in [0.05, 0.1) is 12.1 Å². The van der Waals surface area contributed by atoms with Crippen molar-refractivity contribution in [3.8, 4) is 0 Å². The lowest BCUT2D eigenvalue weighted by atomic mass is 10.1. The van der Waals surface area contributed by atoms with E-state index in [9.17, 15) is 22.8 Å². The quantitative estimate of drug-likeness (QED) is 0.739. The van der Waals surface area contributed by atoms with E-state index < -0.39 is 17.6 Å². The van der Waals surface area contributed by atoms with Crippen molar-refractivity contribution in [2.24, 2.45) is 0 Å². The third-order valence-electron chi connectivity index (χ3n) is 4.02. The molecule has 0 bridgehead atoms. The molecule has 1 aromatic heterocycles. The molecule has 0 saturated heterocycles. The lowest BCUT2D eigenvalue weighted by Gasteiger charge is -2.10. The van der Waals surface area contributed by atoms with Gasteiger partial charge in [0, 0.05) is 11.8 Å². The second-order valence-electron chi connectivity index (χ2n) is 6.23. The molecule has 5 nitrogen and oxygen atoms in total. The number of carbonyl (C=O) groups is 1. The van der Waals surface area contributed by atoms with Crippen LogP contribution in [0.1, 0.15) is 27.2 Å². The third kappa shape index (κ3) is 4.64. The maximum Gasteiger partial charge on any atom is 0.416 e. The van der Waals surface area contributed by atoms with Gasteiger partial charge in [-0.15, -0.1) is 0 Å². The van der Waals surface area contributed by atoms with E-state index in [4.69, 9.17) is 0 Å². The Morgan fingerprint density at radius 1 is 1.00 bits per heavy atom. The fourth-order valence-electron chi connectivity index (χ4n) is 2.49. The molecular weight excluding hydrogens is 371 g/mol. The van der Waals surface area contributed by atoms with Crippen LogP contribution in [-0.4, -0.2) is 15.7 Å². The number of nitrogens with one attached hydrogen (secondary N) is 1. The van der Waals surface area contributed by atoms with Crippen LogP contribution in [0.25, 0.3) is 0 Å². The number of aryl methyl sites for hydroxylation is 1. The summed E-state index contributed by atoms with van der Waals surface area (Å²) in [5.74, 6) is -0.627. The summed E-state index contributed by atoms with van der Waals surface area (Å²) in [7, 11) is 0. The molecule has 3 rings (SSSR count). The number of hydrogen-bond donors (Lipinski definition) is 1. The Balaban J connectivity index is 1.77. The van der Waals surface area contributed by atoms with Gasteiger partial charge in [-0.05, 0) is 42.8 Å². The van der Waals surface area contributed by atoms with Crippen LogP contribution >= 0.6 is 0 Å². The van der Waals surface area contributed by atoms with E-state index in [1.54, 1.807) is 0 Å². The topological polar surface area (TPSA) is 64.0 Å². The third-order valence-corrected chi connectivity index (χ3v) is 4.02. The van der Waals surface area contributed by atoms with Gasteiger partial charge in [-0.25, -0.2) is 4.68 Å². The summed E-state index contributed by atoms with van der Waals surface area (Å²) in [6.45, 7) is 2.14. The van der Waals surface area contributed by atoms with Gasteiger partial charge >= 0.3 is 6.18 Å². The van der Waals surface area contributed by atoms with Crippen LogP contribution in [0, 0.1) is 6.92 Å². The van der Waals surface area contributed by atoms with E-state index in [1.165, 1.54) is 12.1 Å². The fourth-order valence-corrected chi connectivity index (χ4v) is 2.49. The Labute approximate surface area is 158 Å². The Morgan fingerprint density at radius 3 is 2.25 bits per heavy atom. The number of rotatable bonds is 4. The zero-order valence-corrected chi connectivity index (χ0v) is 14.8. The predicted molar refractivity (Wildman–Crippen MR) is 98.2 cm³/mol. The molecular formula is C20H16F3N3O2. The number of halogens is 3. The normalized spacial score (nSPS) is 11.3. The van der Waals surface area contributed by atoms with E-state index in [0.29, 0.717) is 0 Å². The highest BCUT2D eigenvalue weighted by atomic mass is 19.4. The largest absolute Gasteiger partial charge is 0.416 e. The first-order valence-corrected chi connectivity index (χ1v) is 8.35. The summed E-state index contributed by atoms with van der Waals surface area (Å²) in [5.41, 5.74) is 0.916. The van der Waals surface area contributed by atoms with Crippen molar-refractivity contribution in [2.45, 2.75) is 19.6 Å². The maximum absolute atomic E-state index is 12.6. The molecule has 0 saturated carbocycles. The van der Waals surface area contributed by atoms with Crippen LogP contribution in [0.5, 0.6) is 0 Å². The summed E-state index contributed by atoms with van der Waals surface area (Å²) < 4.78 is 39.0. The molecule has 0 fully saturated rings. The molecule has 0 atom stereocenters. The molecule has 144 valence electrons. The SMILES string of the molecule is Cc1ccc(Cn2nc(C(=O)Nc3ccc(C(F)(F)F)cc3)ccc2=O)cc1. The van der Waals surface area contributed by atoms with E-state index in [-0.39, 0.29) is 23.5 Å². The van der Waals surface area contributed by atoms with E-state index in [2.05, 4.69) is 10.4 Å². The van der Waals surface area contributed by atoms with Gasteiger partial charge in [-0.3, -0.25) is 9.59 Å². The van der Waals surface area contributed by atoms with Gasteiger partial charge in [-0.1, -0.05) is 29.8 Å². The number of hydrogen-bond acceptors (Lipinski definition) is 3. The van der Waals surface area contributed by atoms with E-state index >= 15 is 0 Å². The number of anilines is 1. The molecule has 1 N–H and O–H groups in total. The summed E-state index contributed by atoms with van der Waals surface area (Å²) in [6, 6.07) is 14.1. The molecule has 0 aliphatic carbocycles. The van der Waals surface area contributed by atoms with Crippen molar-refractivity contribution in [1.82, 2.24) is 9.78 Å². The zero-order valence-electron chi connectivity index (χ0n) is 14.8. The average Bonchev–Trinajstić information content (AvgIpc) is 2.65. The summed E-state index contributed by atoms with van der Waals surface area (Å²) >= 11 is 0. The Bertz CT molecular complexity index is 1040. The number of alkyl halides is 3. The van der Waals surface area contributed by atoms with Gasteiger partial charge in [-0.2, -0.15) is 18.3 Å². The zero-order chi connectivity index (χ0) is 20.3. The highest BCUT2D eigenvalue weighted by molar-refractivity contribution is 6.02. The molecule has 28 heavy (non-hydrogen) atoms. The van der Waals surface area contributed by atoms with Gasteiger partial charge in [0.25, 0.3) is 11.5 Å². The van der Waals surface area contributed by atoms with Gasteiger partial charge in [0.2, 0.25) is 0 Å². The molecule has 1 amide bonds. The Hall–Kier alpha value is -3.42. The monoisotopic (exact) mass is 387 g/mol. The number of nitrogens with zero attached hydrogens (tertiary/aromatic N) is 2. The minimum absolute atomic E-state index is 0.0217. The first-order valence-electron chi connectivity index (χ1n) is 8.35. The molecule has 2 aromatic carbocycles. The molecule has 0 spiro atoms. The van der Waals surface area contributed by atoms with Crippen molar-refractivity contribution in [3.63, 3.8) is 0 Å². The van der Waals surface area contributed by atoms with Gasteiger partial charge in [0.15, 0.2) is 0 Å². The van der Waals surface area contributed by atoms with Crippen LogP contribution < -0.4 is 10.9 Å². The molecule has 1 heterocycles. The van der Waals surface area contributed by atoms with Gasteiger partial charge in [0.1, 0.15) is 5.69 Å². The molecule has 3 aromatic rings. The molecule has 8 heteroatoms.